The molecule has 0 unspecified atom stereocenters. The van der Waals surface area contributed by atoms with E-state index in [4.69, 9.17) is 17.1 Å². The number of benzene rings is 6. The van der Waals surface area contributed by atoms with Crippen LogP contribution in [-0.4, -0.2) is 22.6 Å². The molecule has 0 saturated carbocycles. The van der Waals surface area contributed by atoms with Crippen molar-refractivity contribution in [2.24, 2.45) is 5.92 Å². The molecule has 9 rings (SSSR count). The van der Waals surface area contributed by atoms with Gasteiger partial charge in [-0.3, -0.25) is 4.98 Å². The number of aromatic nitrogens is 3. The number of para-hydroxylation sites is 2. The molecular weight excluding hydrogens is 975 g/mol. The molecule has 4 nitrogen and oxygen atoms in total. The van der Waals surface area contributed by atoms with Crippen LogP contribution in [0, 0.1) is 25.0 Å². The van der Waals surface area contributed by atoms with Crippen LogP contribution in [0.3, 0.4) is 0 Å². The van der Waals surface area contributed by atoms with E-state index < -0.39 is 14.4 Å². The SMILES string of the molecule is Cc1ccc2c(c1)oc1c(-c3nc4ccccc4n3-c3ccc(C(C)(C)C)cc3-c3ccccc3)[c-]ccc12.[2H]C([2H])(c1cc(-c2[c-]ccc(C(C)(C)C)c2)ncc1[Si](C)(C)C)C(C)C.[Ir]. The molecule has 0 atom stereocenters. The van der Waals surface area contributed by atoms with Crippen molar-refractivity contribution in [3.05, 3.63) is 168 Å². The summed E-state index contributed by atoms with van der Waals surface area (Å²) < 4.78 is 26.2. The first kappa shape index (κ1) is 43.8. The van der Waals surface area contributed by atoms with Crippen LogP contribution in [0.15, 0.2) is 138 Å². The van der Waals surface area contributed by atoms with Crippen LogP contribution in [0.5, 0.6) is 0 Å². The minimum Gasteiger partial charge on any atom is -0.501 e. The Morgan fingerprint density at radius 3 is 2.14 bits per heavy atom. The monoisotopic (exact) mass is 1040 g/mol. The van der Waals surface area contributed by atoms with Gasteiger partial charge >= 0.3 is 0 Å². The predicted octanol–water partition coefficient (Wildman–Crippen LogP) is 15.3. The van der Waals surface area contributed by atoms with Crippen molar-refractivity contribution in [3.8, 4) is 39.5 Å². The van der Waals surface area contributed by atoms with Gasteiger partial charge in [-0.25, -0.2) is 0 Å². The second-order valence-corrected chi connectivity index (χ2v) is 25.2. The van der Waals surface area contributed by atoms with E-state index in [1.165, 1.54) is 27.8 Å². The number of pyridine rings is 1. The zero-order valence-electron chi connectivity index (χ0n) is 41.4. The summed E-state index contributed by atoms with van der Waals surface area (Å²) in [5, 5.41) is 3.28. The van der Waals surface area contributed by atoms with Crippen LogP contribution >= 0.6 is 0 Å². The van der Waals surface area contributed by atoms with Crippen LogP contribution < -0.4 is 5.19 Å². The summed E-state index contributed by atoms with van der Waals surface area (Å²) >= 11 is 0. The van der Waals surface area contributed by atoms with Crippen molar-refractivity contribution in [3.63, 3.8) is 0 Å². The van der Waals surface area contributed by atoms with Gasteiger partial charge in [-0.2, -0.15) is 0 Å². The van der Waals surface area contributed by atoms with Gasteiger partial charge in [0.25, 0.3) is 0 Å². The zero-order chi connectivity index (χ0) is 46.6. The van der Waals surface area contributed by atoms with E-state index in [2.05, 4.69) is 188 Å². The van der Waals surface area contributed by atoms with Crippen molar-refractivity contribution in [1.82, 2.24) is 14.5 Å². The Labute approximate surface area is 398 Å². The fraction of sp³-hybridized carbons (Fsp3) is 0.276. The number of hydrogen-bond acceptors (Lipinski definition) is 3. The first-order valence-corrected chi connectivity index (χ1v) is 25.7. The van der Waals surface area contributed by atoms with Crippen molar-refractivity contribution in [2.75, 3.05) is 0 Å². The van der Waals surface area contributed by atoms with Gasteiger partial charge < -0.3 is 14.0 Å². The fourth-order valence-electron chi connectivity index (χ4n) is 8.21. The van der Waals surface area contributed by atoms with Crippen molar-refractivity contribution >= 4 is 46.2 Å². The Hall–Kier alpha value is -5.39. The van der Waals surface area contributed by atoms with E-state index in [1.54, 1.807) is 0 Å². The molecule has 329 valence electrons. The normalized spacial score (nSPS) is 12.8. The van der Waals surface area contributed by atoms with Gasteiger partial charge in [-0.05, 0) is 87.9 Å². The van der Waals surface area contributed by atoms with E-state index in [0.29, 0.717) is 0 Å². The Bertz CT molecular complexity index is 3180. The van der Waals surface area contributed by atoms with E-state index in [1.807, 2.05) is 44.3 Å². The van der Waals surface area contributed by atoms with Crippen LogP contribution in [-0.2, 0) is 37.3 Å². The number of aryl methyl sites for hydroxylation is 1. The molecule has 3 aromatic heterocycles. The summed E-state index contributed by atoms with van der Waals surface area (Å²) in [5.41, 5.74) is 14.2. The van der Waals surface area contributed by atoms with E-state index in [-0.39, 0.29) is 36.9 Å². The maximum atomic E-state index is 8.69. The molecule has 6 aromatic carbocycles. The Morgan fingerprint density at radius 1 is 0.750 bits per heavy atom. The third-order valence-electron chi connectivity index (χ3n) is 11.7. The molecule has 0 saturated heterocycles. The van der Waals surface area contributed by atoms with Gasteiger partial charge in [0, 0.05) is 45.7 Å². The van der Waals surface area contributed by atoms with Gasteiger partial charge in [0.15, 0.2) is 0 Å². The zero-order valence-corrected chi connectivity index (χ0v) is 42.8. The first-order chi connectivity index (χ1) is 30.6. The molecule has 0 aliphatic carbocycles. The third-order valence-corrected chi connectivity index (χ3v) is 13.7. The molecule has 6 heteroatoms. The maximum Gasteiger partial charge on any atom is 0.121 e. The summed E-state index contributed by atoms with van der Waals surface area (Å²) in [6.07, 6.45) is 0.531. The van der Waals surface area contributed by atoms with Crippen molar-refractivity contribution < 1.29 is 27.3 Å². The molecule has 64 heavy (non-hydrogen) atoms. The number of imidazole rings is 1. The van der Waals surface area contributed by atoms with Crippen LogP contribution in [0.25, 0.3) is 72.4 Å². The molecule has 3 heterocycles. The van der Waals surface area contributed by atoms with Crippen molar-refractivity contribution in [2.45, 2.75) is 99.2 Å². The molecule has 0 aliphatic heterocycles. The van der Waals surface area contributed by atoms with Gasteiger partial charge in [0.1, 0.15) is 5.58 Å². The van der Waals surface area contributed by atoms with Gasteiger partial charge in [0.05, 0.1) is 30.5 Å². The summed E-state index contributed by atoms with van der Waals surface area (Å²) in [6.45, 7) is 26.1. The summed E-state index contributed by atoms with van der Waals surface area (Å²) in [6, 6.07) is 51.1. The second-order valence-electron chi connectivity index (χ2n) is 20.2. The minimum atomic E-state index is -1.71. The quantitative estimate of drug-likeness (QED) is 0.118. The molecule has 0 bridgehead atoms. The molecule has 0 spiro atoms. The Morgan fingerprint density at radius 2 is 1.44 bits per heavy atom. The molecule has 9 aromatic rings. The summed E-state index contributed by atoms with van der Waals surface area (Å²) in [4.78, 5) is 9.88. The second kappa shape index (κ2) is 18.2. The number of rotatable bonds is 7. The van der Waals surface area contributed by atoms with E-state index >= 15 is 0 Å². The molecule has 0 fully saturated rings. The smallest absolute Gasteiger partial charge is 0.121 e. The topological polar surface area (TPSA) is 43.9 Å². The largest absolute Gasteiger partial charge is 0.501 e. The van der Waals surface area contributed by atoms with Crippen LogP contribution in [0.2, 0.25) is 19.6 Å². The Kier molecular flexibility index (Phi) is 12.5. The van der Waals surface area contributed by atoms with Crippen LogP contribution in [0.1, 0.15) is 80.4 Å². The fourth-order valence-corrected chi connectivity index (χ4v) is 9.61. The molecule has 0 N–H and O–H groups in total. The number of fused-ring (bicyclic) bond motifs is 4. The average Bonchev–Trinajstić information content (AvgIpc) is 3.84. The van der Waals surface area contributed by atoms with Gasteiger partial charge in [-0.15, -0.1) is 53.6 Å². The maximum absolute atomic E-state index is 8.69. The van der Waals surface area contributed by atoms with Crippen molar-refractivity contribution in [1.29, 1.82) is 0 Å². The third kappa shape index (κ3) is 9.66. The number of hydrogen-bond donors (Lipinski definition) is 0. The standard InChI is InChI=1S/C36H29N2O.C22H32NSi.Ir/c1-23-17-19-26-27-13-10-14-28(34(27)39-33(26)21-23)35-37-30-15-8-9-16-32(30)38(35)31-20-18-25(36(2,3)4)22-29(31)24-11-6-5-7-12-24;1-16(2)12-18-14-20(23-15-21(18)24(6,7)8)17-10-9-11-19(13-17)22(3,4)5;/h5-13,15-22H,1-4H3;9,11,13-16H,12H2,1-8H3;/q2*-1;/i;12D2;. The van der Waals surface area contributed by atoms with Crippen LogP contribution in [0.4, 0.5) is 0 Å². The van der Waals surface area contributed by atoms with E-state index in [0.717, 1.165) is 72.1 Å². The number of nitrogens with zero attached hydrogens (tertiary/aromatic N) is 3. The molecule has 0 amide bonds. The average molecular weight is 1040 g/mol. The van der Waals surface area contributed by atoms with Gasteiger partial charge in [0.2, 0.25) is 0 Å². The van der Waals surface area contributed by atoms with Gasteiger partial charge in [-0.1, -0.05) is 158 Å². The first-order valence-electron chi connectivity index (χ1n) is 23.2. The van der Waals surface area contributed by atoms with E-state index in [9.17, 15) is 0 Å². The number of furan rings is 1. The molecular formula is C58H61IrN3OSi-2. The molecule has 0 aliphatic rings. The predicted molar refractivity (Wildman–Crippen MR) is 270 cm³/mol. The Balaban J connectivity index is 0.000000211. The summed E-state index contributed by atoms with van der Waals surface area (Å²) in [7, 11) is -1.71. The summed E-state index contributed by atoms with van der Waals surface area (Å²) in [5.74, 6) is 0.719. The molecule has 1 radical (unpaired) electrons. The minimum absolute atomic E-state index is 0.